The minimum atomic E-state index is -0.479. The van der Waals surface area contributed by atoms with Gasteiger partial charge in [-0.2, -0.15) is 0 Å². The largest absolute Gasteiger partial charge is 0.456 e. The molecule has 0 saturated carbocycles. The van der Waals surface area contributed by atoms with E-state index in [4.69, 9.17) is 4.74 Å². The number of rotatable bonds is 6. The molecule has 2 heterocycles. The van der Waals surface area contributed by atoms with Crippen LogP contribution in [-0.4, -0.2) is 49.1 Å². The number of nitrogens with zero attached hydrogens (tertiary/aromatic N) is 2. The molecule has 2 aromatic rings. The standard InChI is InChI=1S/C22H23N3O4S/c1-15(26)29-14-21(28)25-11-10-17-18(12-23-2)22(30-19(17)13-25)24-20(27)9-8-16-6-4-3-5-7-16/h3-9,12H,10-11,13-14H2,1-2H3,(H,24,27)/b9-8+,23-12?. The number of fused-ring (bicyclic) bond motifs is 1. The van der Waals surface area contributed by atoms with Crippen molar-refractivity contribution < 1.29 is 19.1 Å². The summed E-state index contributed by atoms with van der Waals surface area (Å²) in [5.41, 5.74) is 2.91. The number of carbonyl (C=O) groups excluding carboxylic acids is 3. The van der Waals surface area contributed by atoms with Gasteiger partial charge in [0, 0.05) is 43.2 Å². The van der Waals surface area contributed by atoms with Gasteiger partial charge in [-0.15, -0.1) is 11.3 Å². The first-order chi connectivity index (χ1) is 14.5. The van der Waals surface area contributed by atoms with E-state index in [2.05, 4.69) is 10.3 Å². The molecule has 1 aromatic heterocycles. The van der Waals surface area contributed by atoms with Gasteiger partial charge in [-0.05, 0) is 23.6 Å². The van der Waals surface area contributed by atoms with Crippen molar-refractivity contribution in [1.82, 2.24) is 4.90 Å². The number of thiophene rings is 1. The Bertz CT molecular complexity index is 995. The molecule has 156 valence electrons. The molecule has 0 saturated heterocycles. The van der Waals surface area contributed by atoms with E-state index >= 15 is 0 Å². The van der Waals surface area contributed by atoms with Gasteiger partial charge in [0.1, 0.15) is 5.00 Å². The molecule has 1 aromatic carbocycles. The van der Waals surface area contributed by atoms with Gasteiger partial charge in [0.05, 0.1) is 6.54 Å². The summed E-state index contributed by atoms with van der Waals surface area (Å²) in [5.74, 6) is -0.940. The lowest BCUT2D eigenvalue weighted by atomic mass is 10.0. The minimum Gasteiger partial charge on any atom is -0.456 e. The van der Waals surface area contributed by atoms with Crippen molar-refractivity contribution in [2.45, 2.75) is 19.9 Å². The summed E-state index contributed by atoms with van der Waals surface area (Å²) in [5, 5.41) is 3.65. The zero-order valence-corrected chi connectivity index (χ0v) is 17.7. The molecule has 1 N–H and O–H groups in total. The summed E-state index contributed by atoms with van der Waals surface area (Å²) in [6.07, 6.45) is 5.64. The zero-order chi connectivity index (χ0) is 21.5. The van der Waals surface area contributed by atoms with E-state index in [0.29, 0.717) is 24.5 Å². The van der Waals surface area contributed by atoms with Crippen molar-refractivity contribution in [2.75, 3.05) is 25.5 Å². The van der Waals surface area contributed by atoms with Gasteiger partial charge >= 0.3 is 5.97 Å². The maximum absolute atomic E-state index is 12.4. The van der Waals surface area contributed by atoms with Crippen LogP contribution < -0.4 is 5.32 Å². The molecular formula is C22H23N3O4S. The lowest BCUT2D eigenvalue weighted by Gasteiger charge is -2.26. The fourth-order valence-electron chi connectivity index (χ4n) is 3.14. The third-order valence-electron chi connectivity index (χ3n) is 4.57. The SMILES string of the molecule is CN=Cc1c(NC(=O)/C=C/c2ccccc2)sc2c1CCN(C(=O)COC(C)=O)C2. The van der Waals surface area contributed by atoms with Gasteiger partial charge in [0.15, 0.2) is 6.61 Å². The normalized spacial score (nSPS) is 13.5. The number of hydrogen-bond donors (Lipinski definition) is 1. The highest BCUT2D eigenvalue weighted by Crippen LogP contribution is 2.36. The van der Waals surface area contributed by atoms with E-state index in [1.54, 1.807) is 24.2 Å². The molecule has 0 radical (unpaired) electrons. The number of aliphatic imine (C=N–C) groups is 1. The predicted molar refractivity (Wildman–Crippen MR) is 118 cm³/mol. The van der Waals surface area contributed by atoms with E-state index in [0.717, 1.165) is 21.6 Å². The Balaban J connectivity index is 1.74. The third kappa shape index (κ3) is 5.42. The van der Waals surface area contributed by atoms with Gasteiger partial charge in [-0.25, -0.2) is 0 Å². The fraction of sp³-hybridized carbons (Fsp3) is 0.273. The smallest absolute Gasteiger partial charge is 0.303 e. The molecule has 0 spiro atoms. The van der Waals surface area contributed by atoms with Gasteiger partial charge in [0.2, 0.25) is 5.91 Å². The number of nitrogens with one attached hydrogen (secondary N) is 1. The van der Waals surface area contributed by atoms with Crippen molar-refractivity contribution in [2.24, 2.45) is 4.99 Å². The van der Waals surface area contributed by atoms with Gasteiger partial charge < -0.3 is 15.0 Å². The first kappa shape index (κ1) is 21.4. The highest BCUT2D eigenvalue weighted by Gasteiger charge is 2.27. The van der Waals surface area contributed by atoms with Crippen LogP contribution in [0.1, 0.15) is 28.5 Å². The Hall–Kier alpha value is -3.26. The van der Waals surface area contributed by atoms with Crippen molar-refractivity contribution in [3.63, 3.8) is 0 Å². The molecule has 3 rings (SSSR count). The Labute approximate surface area is 179 Å². The number of benzene rings is 1. The average molecular weight is 426 g/mol. The van der Waals surface area contributed by atoms with E-state index < -0.39 is 5.97 Å². The first-order valence-corrected chi connectivity index (χ1v) is 10.3. The molecule has 0 atom stereocenters. The van der Waals surface area contributed by atoms with Crippen LogP contribution >= 0.6 is 11.3 Å². The molecule has 0 bridgehead atoms. The quantitative estimate of drug-likeness (QED) is 0.438. The maximum atomic E-state index is 12.4. The van der Waals surface area contributed by atoms with Crippen molar-refractivity contribution in [3.05, 3.63) is 58.0 Å². The van der Waals surface area contributed by atoms with Crippen molar-refractivity contribution >= 4 is 46.4 Å². The Morgan fingerprint density at radius 3 is 2.73 bits per heavy atom. The van der Waals surface area contributed by atoms with E-state index in [1.165, 1.54) is 24.3 Å². The molecule has 0 fully saturated rings. The van der Waals surface area contributed by atoms with E-state index in [-0.39, 0.29) is 18.4 Å². The van der Waals surface area contributed by atoms with Crippen LogP contribution in [0.25, 0.3) is 6.08 Å². The summed E-state index contributed by atoms with van der Waals surface area (Å²) in [4.78, 5) is 42.4. The molecule has 0 unspecified atom stereocenters. The lowest BCUT2D eigenvalue weighted by Crippen LogP contribution is -2.38. The third-order valence-corrected chi connectivity index (χ3v) is 5.72. The second-order valence-electron chi connectivity index (χ2n) is 6.71. The van der Waals surface area contributed by atoms with Crippen LogP contribution in [0, 0.1) is 0 Å². The topological polar surface area (TPSA) is 88.1 Å². The second-order valence-corrected chi connectivity index (χ2v) is 7.82. The van der Waals surface area contributed by atoms with Crippen LogP contribution in [0.3, 0.4) is 0 Å². The summed E-state index contributed by atoms with van der Waals surface area (Å²) >= 11 is 1.44. The molecule has 0 aliphatic carbocycles. The fourth-order valence-corrected chi connectivity index (χ4v) is 4.38. The average Bonchev–Trinajstić information content (AvgIpc) is 3.07. The summed E-state index contributed by atoms with van der Waals surface area (Å²) in [7, 11) is 1.68. The van der Waals surface area contributed by atoms with Crippen LogP contribution in [0.2, 0.25) is 0 Å². The number of ether oxygens (including phenoxy) is 1. The molecule has 2 amide bonds. The van der Waals surface area contributed by atoms with E-state index in [9.17, 15) is 14.4 Å². The van der Waals surface area contributed by atoms with Gasteiger partial charge in [-0.3, -0.25) is 19.4 Å². The molecule has 1 aliphatic rings. The number of carbonyl (C=O) groups is 3. The number of hydrogen-bond acceptors (Lipinski definition) is 6. The summed E-state index contributed by atoms with van der Waals surface area (Å²) in [6, 6.07) is 9.59. The Morgan fingerprint density at radius 1 is 1.27 bits per heavy atom. The number of anilines is 1. The summed E-state index contributed by atoms with van der Waals surface area (Å²) < 4.78 is 4.82. The van der Waals surface area contributed by atoms with Crippen LogP contribution in [0.15, 0.2) is 41.4 Å². The maximum Gasteiger partial charge on any atom is 0.303 e. The highest BCUT2D eigenvalue weighted by atomic mass is 32.1. The van der Waals surface area contributed by atoms with Crippen molar-refractivity contribution in [3.8, 4) is 0 Å². The molecule has 1 aliphatic heterocycles. The zero-order valence-electron chi connectivity index (χ0n) is 16.9. The lowest BCUT2D eigenvalue weighted by molar-refractivity contribution is -0.150. The second kappa shape index (κ2) is 9.98. The predicted octanol–water partition coefficient (Wildman–Crippen LogP) is 2.90. The Kier molecular flexibility index (Phi) is 7.13. The number of esters is 1. The van der Waals surface area contributed by atoms with Crippen LogP contribution in [0.4, 0.5) is 5.00 Å². The number of amides is 2. The minimum absolute atomic E-state index is 0.230. The summed E-state index contributed by atoms with van der Waals surface area (Å²) in [6.45, 7) is 1.96. The van der Waals surface area contributed by atoms with E-state index in [1.807, 2.05) is 30.3 Å². The first-order valence-electron chi connectivity index (χ1n) is 9.50. The van der Waals surface area contributed by atoms with Crippen molar-refractivity contribution in [1.29, 1.82) is 0 Å². The molecule has 7 nitrogen and oxygen atoms in total. The molecular weight excluding hydrogens is 402 g/mol. The van der Waals surface area contributed by atoms with Gasteiger partial charge in [-0.1, -0.05) is 30.3 Å². The highest BCUT2D eigenvalue weighted by molar-refractivity contribution is 7.17. The van der Waals surface area contributed by atoms with Gasteiger partial charge in [0.25, 0.3) is 5.91 Å². The van der Waals surface area contributed by atoms with Crippen LogP contribution in [-0.2, 0) is 32.1 Å². The molecule has 8 heteroatoms. The Morgan fingerprint density at radius 2 is 2.03 bits per heavy atom. The molecule has 30 heavy (non-hydrogen) atoms. The van der Waals surface area contributed by atoms with Crippen LogP contribution in [0.5, 0.6) is 0 Å². The monoisotopic (exact) mass is 425 g/mol.